The predicted molar refractivity (Wildman–Crippen MR) is 80.4 cm³/mol. The van der Waals surface area contributed by atoms with Crippen LogP contribution in [-0.4, -0.2) is 29.8 Å². The number of carbonyl (C=O) groups excluding carboxylic acids is 1. The van der Waals surface area contributed by atoms with Crippen LogP contribution in [0.25, 0.3) is 0 Å². The topological polar surface area (TPSA) is 58.6 Å². The number of rotatable bonds is 2. The molecule has 1 spiro atoms. The van der Waals surface area contributed by atoms with Gasteiger partial charge in [-0.15, -0.1) is 0 Å². The van der Waals surface area contributed by atoms with Crippen LogP contribution < -0.4 is 5.32 Å². The normalized spacial score (nSPS) is 27.0. The van der Waals surface area contributed by atoms with Crippen molar-refractivity contribution in [2.45, 2.75) is 43.7 Å². The molecule has 3 rings (SSSR count). The van der Waals surface area contributed by atoms with Crippen molar-refractivity contribution in [1.82, 2.24) is 5.32 Å². The lowest BCUT2D eigenvalue weighted by atomic mass is 9.65. The molecular weight excluding hydrogens is 290 g/mol. The number of ether oxygens (including phenoxy) is 1. The lowest BCUT2D eigenvalue weighted by molar-refractivity contribution is -0.144. The minimum Gasteiger partial charge on any atom is -0.390 e. The van der Waals surface area contributed by atoms with Crippen molar-refractivity contribution in [3.8, 4) is 0 Å². The number of nitrogens with one attached hydrogen (secondary N) is 1. The maximum Gasteiger partial charge on any atom is 0.231 e. The first-order valence-electron chi connectivity index (χ1n) is 7.10. The number of benzene rings is 1. The van der Waals surface area contributed by atoms with Gasteiger partial charge in [0.15, 0.2) is 0 Å². The summed E-state index contributed by atoms with van der Waals surface area (Å²) >= 11 is 6.15. The first kappa shape index (κ1) is 14.8. The van der Waals surface area contributed by atoms with E-state index in [1.807, 2.05) is 25.1 Å². The molecule has 21 heavy (non-hydrogen) atoms. The summed E-state index contributed by atoms with van der Waals surface area (Å²) in [7, 11) is 0. The van der Waals surface area contributed by atoms with Crippen molar-refractivity contribution in [3.05, 3.63) is 34.3 Å². The second kappa shape index (κ2) is 4.45. The highest BCUT2D eigenvalue weighted by atomic mass is 35.5. The van der Waals surface area contributed by atoms with Crippen LogP contribution >= 0.6 is 11.6 Å². The van der Waals surface area contributed by atoms with Gasteiger partial charge in [-0.05, 0) is 50.5 Å². The van der Waals surface area contributed by atoms with Gasteiger partial charge >= 0.3 is 0 Å². The van der Waals surface area contributed by atoms with Crippen LogP contribution in [-0.2, 0) is 20.5 Å². The fourth-order valence-electron chi connectivity index (χ4n) is 3.51. The molecule has 1 aromatic carbocycles. The third-order valence-corrected chi connectivity index (χ3v) is 4.66. The zero-order valence-electron chi connectivity index (χ0n) is 12.5. The number of hydrogen-bond donors (Lipinski definition) is 2. The van der Waals surface area contributed by atoms with Crippen molar-refractivity contribution in [1.29, 1.82) is 0 Å². The van der Waals surface area contributed by atoms with E-state index in [0.717, 1.165) is 11.1 Å². The van der Waals surface area contributed by atoms with E-state index in [1.54, 1.807) is 13.8 Å². The molecule has 1 fully saturated rings. The van der Waals surface area contributed by atoms with Gasteiger partial charge in [-0.2, -0.15) is 0 Å². The van der Waals surface area contributed by atoms with Crippen molar-refractivity contribution in [2.24, 2.45) is 0 Å². The van der Waals surface area contributed by atoms with Gasteiger partial charge in [0, 0.05) is 5.02 Å². The molecule has 0 bridgehead atoms. The van der Waals surface area contributed by atoms with Gasteiger partial charge in [-0.1, -0.05) is 17.7 Å². The Balaban J connectivity index is 2.16. The summed E-state index contributed by atoms with van der Waals surface area (Å²) in [6.07, 6.45) is 0.329. The highest BCUT2D eigenvalue weighted by Crippen LogP contribution is 2.46. The molecule has 2 aliphatic heterocycles. The fourth-order valence-corrected chi connectivity index (χ4v) is 3.68. The lowest BCUT2D eigenvalue weighted by Crippen LogP contribution is -2.67. The maximum atomic E-state index is 12.8. The smallest absolute Gasteiger partial charge is 0.231 e. The van der Waals surface area contributed by atoms with Crippen LogP contribution in [0, 0.1) is 0 Å². The highest BCUT2D eigenvalue weighted by Gasteiger charge is 2.54. The van der Waals surface area contributed by atoms with Crippen LogP contribution in [0.3, 0.4) is 0 Å². The third kappa shape index (κ3) is 2.26. The Morgan fingerprint density at radius 2 is 2.05 bits per heavy atom. The molecule has 2 N–H and O–H groups in total. The summed E-state index contributed by atoms with van der Waals surface area (Å²) < 4.78 is 5.32. The van der Waals surface area contributed by atoms with Crippen LogP contribution in [0.2, 0.25) is 5.02 Å². The molecule has 1 aromatic rings. The number of aliphatic hydroxyl groups is 1. The van der Waals surface area contributed by atoms with E-state index in [1.165, 1.54) is 0 Å². The number of amides is 1. The van der Waals surface area contributed by atoms with Gasteiger partial charge in [-0.3, -0.25) is 4.79 Å². The van der Waals surface area contributed by atoms with Crippen LogP contribution in [0.15, 0.2) is 18.2 Å². The van der Waals surface area contributed by atoms with E-state index >= 15 is 0 Å². The van der Waals surface area contributed by atoms with Crippen LogP contribution in [0.1, 0.15) is 38.3 Å². The minimum absolute atomic E-state index is 0.0808. The summed E-state index contributed by atoms with van der Waals surface area (Å²) in [4.78, 5) is 12.8. The SMILES string of the molecule is CC(C)(O)CC1(C)C(=O)NC2(COC2)c2ccc(Cl)cc21. The number of hydrogen-bond acceptors (Lipinski definition) is 3. The summed E-state index contributed by atoms with van der Waals surface area (Å²) in [5, 5.41) is 13.9. The Bertz CT molecular complexity index is 604. The monoisotopic (exact) mass is 309 g/mol. The zero-order chi connectivity index (χ0) is 15.5. The second-order valence-corrected chi connectivity index (χ2v) is 7.48. The summed E-state index contributed by atoms with van der Waals surface area (Å²) in [5.41, 5.74) is -0.254. The Morgan fingerprint density at radius 1 is 1.38 bits per heavy atom. The Hall–Kier alpha value is -1.10. The second-order valence-electron chi connectivity index (χ2n) is 7.04. The first-order valence-corrected chi connectivity index (χ1v) is 7.47. The van der Waals surface area contributed by atoms with E-state index in [2.05, 4.69) is 5.32 Å². The highest BCUT2D eigenvalue weighted by molar-refractivity contribution is 6.30. The van der Waals surface area contributed by atoms with E-state index in [-0.39, 0.29) is 5.91 Å². The molecule has 114 valence electrons. The van der Waals surface area contributed by atoms with Gasteiger partial charge in [-0.25, -0.2) is 0 Å². The summed E-state index contributed by atoms with van der Waals surface area (Å²) in [6.45, 7) is 6.25. The van der Waals surface area contributed by atoms with Gasteiger partial charge < -0.3 is 15.2 Å². The number of carbonyl (C=O) groups is 1. The quantitative estimate of drug-likeness (QED) is 0.880. The zero-order valence-corrected chi connectivity index (χ0v) is 13.3. The first-order chi connectivity index (χ1) is 9.66. The van der Waals surface area contributed by atoms with E-state index in [9.17, 15) is 9.90 Å². The number of halogens is 1. The summed E-state index contributed by atoms with van der Waals surface area (Å²) in [5.74, 6) is -0.0808. The predicted octanol–water partition coefficient (Wildman–Crippen LogP) is 2.11. The molecule has 1 atom stereocenters. The van der Waals surface area contributed by atoms with Crippen molar-refractivity contribution in [3.63, 3.8) is 0 Å². The largest absolute Gasteiger partial charge is 0.390 e. The number of fused-ring (bicyclic) bond motifs is 2. The molecule has 1 amide bonds. The van der Waals surface area contributed by atoms with Crippen molar-refractivity contribution >= 4 is 17.5 Å². The average Bonchev–Trinajstić information content (AvgIpc) is 2.30. The van der Waals surface area contributed by atoms with Gasteiger partial charge in [0.25, 0.3) is 0 Å². The fraction of sp³-hybridized carbons (Fsp3) is 0.562. The maximum absolute atomic E-state index is 12.8. The van der Waals surface area contributed by atoms with Crippen molar-refractivity contribution in [2.75, 3.05) is 13.2 Å². The molecule has 4 nitrogen and oxygen atoms in total. The molecule has 1 unspecified atom stereocenters. The third-order valence-electron chi connectivity index (χ3n) is 4.43. The van der Waals surface area contributed by atoms with E-state index in [0.29, 0.717) is 24.7 Å². The molecule has 2 heterocycles. The average molecular weight is 310 g/mol. The van der Waals surface area contributed by atoms with Gasteiger partial charge in [0.05, 0.1) is 24.2 Å². The minimum atomic E-state index is -0.952. The molecule has 0 radical (unpaired) electrons. The molecule has 0 aliphatic carbocycles. The molecular formula is C16H20ClNO3. The molecule has 2 aliphatic rings. The van der Waals surface area contributed by atoms with E-state index < -0.39 is 16.6 Å². The molecule has 1 saturated heterocycles. The van der Waals surface area contributed by atoms with Gasteiger partial charge in [0.1, 0.15) is 5.54 Å². The molecule has 0 saturated carbocycles. The Labute approximate surface area is 129 Å². The van der Waals surface area contributed by atoms with Gasteiger partial charge in [0.2, 0.25) is 5.91 Å². The summed E-state index contributed by atoms with van der Waals surface area (Å²) in [6, 6.07) is 5.64. The Kier molecular flexibility index (Phi) is 3.14. The molecule has 5 heteroatoms. The lowest BCUT2D eigenvalue weighted by Gasteiger charge is -2.51. The standard InChI is InChI=1S/C16H20ClNO3/c1-14(2,20)7-15(3)12-6-10(17)4-5-11(12)16(8-21-9-16)18-13(15)19/h4-6,20H,7-9H2,1-3H3,(H,18,19). The Morgan fingerprint density at radius 3 is 2.57 bits per heavy atom. The van der Waals surface area contributed by atoms with Crippen LogP contribution in [0.4, 0.5) is 0 Å². The van der Waals surface area contributed by atoms with E-state index in [4.69, 9.17) is 16.3 Å². The molecule has 0 aromatic heterocycles. The van der Waals surface area contributed by atoms with Crippen LogP contribution in [0.5, 0.6) is 0 Å². The van der Waals surface area contributed by atoms with Crippen molar-refractivity contribution < 1.29 is 14.6 Å².